The number of pyridine rings is 1. The number of hydrogen-bond acceptors (Lipinski definition) is 4. The molecule has 2 amide bonds. The fourth-order valence-corrected chi connectivity index (χ4v) is 2.92. The van der Waals surface area contributed by atoms with Crippen LogP contribution in [0.25, 0.3) is 0 Å². The third-order valence-electron chi connectivity index (χ3n) is 4.17. The summed E-state index contributed by atoms with van der Waals surface area (Å²) in [4.78, 5) is 30.8. The van der Waals surface area contributed by atoms with Crippen molar-refractivity contribution < 1.29 is 9.59 Å². The Balaban J connectivity index is 0.00000225. The Labute approximate surface area is 153 Å². The Morgan fingerprint density at radius 1 is 1.24 bits per heavy atom. The van der Waals surface area contributed by atoms with Crippen molar-refractivity contribution in [2.45, 2.75) is 6.04 Å². The molecule has 1 fully saturated rings. The van der Waals surface area contributed by atoms with Gasteiger partial charge in [-0.15, -0.1) is 12.4 Å². The molecule has 2 heterocycles. The quantitative estimate of drug-likeness (QED) is 0.872. The second-order valence-electron chi connectivity index (χ2n) is 5.66. The summed E-state index contributed by atoms with van der Waals surface area (Å²) in [5, 5.41) is 5.90. The van der Waals surface area contributed by atoms with E-state index >= 15 is 0 Å². The van der Waals surface area contributed by atoms with E-state index in [9.17, 15) is 9.59 Å². The number of piperazine rings is 1. The van der Waals surface area contributed by atoms with Crippen molar-refractivity contribution in [3.05, 3.63) is 65.5 Å². The van der Waals surface area contributed by atoms with Gasteiger partial charge in [0.15, 0.2) is 0 Å². The van der Waals surface area contributed by atoms with Gasteiger partial charge < -0.3 is 15.5 Å². The minimum Gasteiger partial charge on any atom is -0.355 e. The largest absolute Gasteiger partial charge is 0.355 e. The number of nitrogens with zero attached hydrogens (tertiary/aromatic N) is 2. The van der Waals surface area contributed by atoms with Gasteiger partial charge in [-0.1, -0.05) is 12.1 Å². The fourth-order valence-electron chi connectivity index (χ4n) is 2.92. The summed E-state index contributed by atoms with van der Waals surface area (Å²) in [6.07, 6.45) is 3.51. The van der Waals surface area contributed by atoms with Gasteiger partial charge in [-0.2, -0.15) is 0 Å². The highest BCUT2D eigenvalue weighted by Gasteiger charge is 2.28. The van der Waals surface area contributed by atoms with E-state index in [1.807, 2.05) is 17.0 Å². The van der Waals surface area contributed by atoms with Crippen LogP contribution in [0.1, 0.15) is 32.3 Å². The van der Waals surface area contributed by atoms with Gasteiger partial charge in [-0.05, 0) is 29.8 Å². The van der Waals surface area contributed by atoms with Gasteiger partial charge >= 0.3 is 0 Å². The van der Waals surface area contributed by atoms with Crippen molar-refractivity contribution in [3.63, 3.8) is 0 Å². The predicted molar refractivity (Wildman–Crippen MR) is 98.0 cm³/mol. The van der Waals surface area contributed by atoms with Gasteiger partial charge in [0.05, 0.1) is 6.04 Å². The van der Waals surface area contributed by atoms with Crippen LogP contribution in [0.15, 0.2) is 48.8 Å². The molecular weight excluding hydrogens is 340 g/mol. The van der Waals surface area contributed by atoms with Crippen molar-refractivity contribution in [3.8, 4) is 0 Å². The van der Waals surface area contributed by atoms with Crippen LogP contribution in [0.3, 0.4) is 0 Å². The maximum Gasteiger partial charge on any atom is 0.254 e. The molecule has 1 saturated heterocycles. The number of halogens is 1. The summed E-state index contributed by atoms with van der Waals surface area (Å²) in [7, 11) is 1.57. The van der Waals surface area contributed by atoms with Gasteiger partial charge in [0, 0.05) is 50.2 Å². The molecule has 0 bridgehead atoms. The first-order chi connectivity index (χ1) is 11.7. The first-order valence-corrected chi connectivity index (χ1v) is 7.94. The highest BCUT2D eigenvalue weighted by Crippen LogP contribution is 2.23. The molecule has 132 valence electrons. The van der Waals surface area contributed by atoms with Crippen LogP contribution in [-0.4, -0.2) is 48.4 Å². The molecule has 2 N–H and O–H groups in total. The monoisotopic (exact) mass is 360 g/mol. The van der Waals surface area contributed by atoms with E-state index in [-0.39, 0.29) is 30.3 Å². The number of hydrogen-bond donors (Lipinski definition) is 2. The molecule has 6 nitrogen and oxygen atoms in total. The van der Waals surface area contributed by atoms with E-state index in [0.29, 0.717) is 24.2 Å². The van der Waals surface area contributed by atoms with E-state index < -0.39 is 0 Å². The van der Waals surface area contributed by atoms with E-state index in [1.54, 1.807) is 43.7 Å². The molecule has 25 heavy (non-hydrogen) atoms. The van der Waals surface area contributed by atoms with Crippen molar-refractivity contribution in [1.82, 2.24) is 20.5 Å². The van der Waals surface area contributed by atoms with Crippen molar-refractivity contribution >= 4 is 24.2 Å². The zero-order valence-corrected chi connectivity index (χ0v) is 14.8. The maximum absolute atomic E-state index is 13.0. The van der Waals surface area contributed by atoms with Gasteiger partial charge in [0.2, 0.25) is 0 Å². The molecule has 3 rings (SSSR count). The topological polar surface area (TPSA) is 74.3 Å². The third-order valence-corrected chi connectivity index (χ3v) is 4.17. The van der Waals surface area contributed by atoms with Crippen molar-refractivity contribution in [1.29, 1.82) is 0 Å². The number of benzene rings is 1. The number of nitrogens with one attached hydrogen (secondary N) is 2. The first-order valence-electron chi connectivity index (χ1n) is 7.94. The zero-order valence-electron chi connectivity index (χ0n) is 13.9. The maximum atomic E-state index is 13.0. The average molecular weight is 361 g/mol. The number of amides is 2. The summed E-state index contributed by atoms with van der Waals surface area (Å²) in [6, 6.07) is 10.6. The van der Waals surface area contributed by atoms with E-state index in [1.165, 1.54) is 0 Å². The van der Waals surface area contributed by atoms with Crippen LogP contribution in [0.4, 0.5) is 0 Å². The van der Waals surface area contributed by atoms with Crippen LogP contribution < -0.4 is 10.6 Å². The van der Waals surface area contributed by atoms with E-state index in [0.717, 1.165) is 12.1 Å². The minimum atomic E-state index is -0.200. The molecule has 1 aromatic carbocycles. The van der Waals surface area contributed by atoms with Crippen molar-refractivity contribution in [2.24, 2.45) is 0 Å². The highest BCUT2D eigenvalue weighted by molar-refractivity contribution is 5.99. The van der Waals surface area contributed by atoms with Crippen molar-refractivity contribution in [2.75, 3.05) is 26.7 Å². The molecular formula is C18H21ClN4O2. The van der Waals surface area contributed by atoms with Crippen LogP contribution in [0.5, 0.6) is 0 Å². The molecule has 1 atom stereocenters. The lowest BCUT2D eigenvalue weighted by Gasteiger charge is -2.36. The molecule has 7 heteroatoms. The third kappa shape index (κ3) is 4.15. The smallest absolute Gasteiger partial charge is 0.254 e. The second-order valence-corrected chi connectivity index (χ2v) is 5.66. The molecule has 1 unspecified atom stereocenters. The lowest BCUT2D eigenvalue weighted by molar-refractivity contribution is 0.0634. The van der Waals surface area contributed by atoms with Crippen LogP contribution >= 0.6 is 12.4 Å². The molecule has 0 saturated carbocycles. The minimum absolute atomic E-state index is 0. The molecule has 0 radical (unpaired) electrons. The molecule has 2 aromatic rings. The van der Waals surface area contributed by atoms with Crippen LogP contribution in [-0.2, 0) is 0 Å². The molecule has 1 aliphatic rings. The Morgan fingerprint density at radius 3 is 2.76 bits per heavy atom. The normalized spacial score (nSPS) is 16.7. The number of carbonyl (C=O) groups excluding carboxylic acids is 2. The standard InChI is InChI=1S/C18H20N4O2.ClH/c1-19-17(23)13-4-2-5-14(10-13)18(24)22-9-8-21-12-16(22)15-6-3-7-20-11-15;/h2-7,10-11,16,21H,8-9,12H2,1H3,(H,19,23);1H. The zero-order chi connectivity index (χ0) is 16.9. The summed E-state index contributed by atoms with van der Waals surface area (Å²) >= 11 is 0. The Hall–Kier alpha value is -2.44. The Bertz CT molecular complexity index is 739. The lowest BCUT2D eigenvalue weighted by atomic mass is 10.0. The predicted octanol–water partition coefficient (Wildman–Crippen LogP) is 1.65. The number of rotatable bonds is 3. The van der Waals surface area contributed by atoms with Gasteiger partial charge in [-0.3, -0.25) is 14.6 Å². The number of aromatic nitrogens is 1. The lowest BCUT2D eigenvalue weighted by Crippen LogP contribution is -2.48. The fraction of sp³-hybridized carbons (Fsp3) is 0.278. The van der Waals surface area contributed by atoms with E-state index in [4.69, 9.17) is 0 Å². The molecule has 0 aliphatic carbocycles. The second kappa shape index (κ2) is 8.60. The molecule has 1 aliphatic heterocycles. The van der Waals surface area contributed by atoms with Gasteiger partial charge in [0.1, 0.15) is 0 Å². The number of carbonyl (C=O) groups is 2. The summed E-state index contributed by atoms with van der Waals surface area (Å²) in [5.41, 5.74) is 2.00. The highest BCUT2D eigenvalue weighted by atomic mass is 35.5. The summed E-state index contributed by atoms with van der Waals surface area (Å²) < 4.78 is 0. The summed E-state index contributed by atoms with van der Waals surface area (Å²) in [5.74, 6) is -0.273. The van der Waals surface area contributed by atoms with Gasteiger partial charge in [0.25, 0.3) is 11.8 Å². The molecule has 1 aromatic heterocycles. The van der Waals surface area contributed by atoms with E-state index in [2.05, 4.69) is 15.6 Å². The Morgan fingerprint density at radius 2 is 2.04 bits per heavy atom. The van der Waals surface area contributed by atoms with Crippen LogP contribution in [0, 0.1) is 0 Å². The van der Waals surface area contributed by atoms with Gasteiger partial charge in [-0.25, -0.2) is 0 Å². The Kier molecular flexibility index (Phi) is 6.50. The summed E-state index contributed by atoms with van der Waals surface area (Å²) in [6.45, 7) is 2.05. The first kappa shape index (κ1) is 18.9. The SMILES string of the molecule is CNC(=O)c1cccc(C(=O)N2CCNCC2c2cccnc2)c1.Cl. The average Bonchev–Trinajstić information content (AvgIpc) is 2.67. The molecule has 0 spiro atoms. The van der Waals surface area contributed by atoms with Crippen LogP contribution in [0.2, 0.25) is 0 Å².